The van der Waals surface area contributed by atoms with Crippen LogP contribution in [0.15, 0.2) is 53.5 Å². The van der Waals surface area contributed by atoms with Gasteiger partial charge in [0, 0.05) is 24.5 Å². The van der Waals surface area contributed by atoms with Crippen molar-refractivity contribution in [3.63, 3.8) is 0 Å². The molecule has 1 aromatic heterocycles. The Labute approximate surface area is 157 Å². The lowest BCUT2D eigenvalue weighted by molar-refractivity contribution is 0.0972. The van der Waals surface area contributed by atoms with E-state index in [-0.39, 0.29) is 11.9 Å². The quantitative estimate of drug-likeness (QED) is 0.478. The molecule has 0 aliphatic rings. The van der Waals surface area contributed by atoms with Gasteiger partial charge in [0.15, 0.2) is 11.7 Å². The first-order chi connectivity index (χ1) is 13.0. The molecule has 0 saturated carbocycles. The molecule has 0 saturated heterocycles. The summed E-state index contributed by atoms with van der Waals surface area (Å²) in [5.74, 6) is 1.14. The summed E-state index contributed by atoms with van der Waals surface area (Å²) in [7, 11) is 5.54. The zero-order valence-electron chi connectivity index (χ0n) is 15.6. The number of nitrogens with one attached hydrogen (secondary N) is 2. The van der Waals surface area contributed by atoms with E-state index in [9.17, 15) is 4.79 Å². The molecule has 0 spiro atoms. The molecule has 4 N–H and O–H groups in total. The van der Waals surface area contributed by atoms with Crippen LogP contribution >= 0.6 is 0 Å². The maximum Gasteiger partial charge on any atom is 0.274 e. The smallest absolute Gasteiger partial charge is 0.274 e. The summed E-state index contributed by atoms with van der Waals surface area (Å²) in [4.78, 5) is 21.2. The van der Waals surface area contributed by atoms with E-state index in [0.29, 0.717) is 11.4 Å². The van der Waals surface area contributed by atoms with Crippen molar-refractivity contribution in [2.24, 2.45) is 10.7 Å². The molecule has 1 heterocycles. The number of ether oxygens (including phenoxy) is 1. The van der Waals surface area contributed by atoms with Crippen LogP contribution in [-0.4, -0.2) is 42.9 Å². The minimum atomic E-state index is -0.353. The van der Waals surface area contributed by atoms with Gasteiger partial charge in [-0.2, -0.15) is 0 Å². The van der Waals surface area contributed by atoms with Gasteiger partial charge < -0.3 is 20.4 Å². The summed E-state index contributed by atoms with van der Waals surface area (Å²) in [6.45, 7) is 0.764. The van der Waals surface area contributed by atoms with Crippen LogP contribution in [0.1, 0.15) is 16.1 Å². The average molecular weight is 365 g/mol. The van der Waals surface area contributed by atoms with E-state index in [1.54, 1.807) is 6.07 Å². The lowest BCUT2D eigenvalue weighted by atomic mass is 10.2. The third-order valence-corrected chi connectivity index (χ3v) is 4.02. The van der Waals surface area contributed by atoms with E-state index in [4.69, 9.17) is 10.5 Å². The fraction of sp³-hybridized carbons (Fsp3) is 0.200. The zero-order valence-corrected chi connectivity index (χ0v) is 15.6. The molecule has 27 heavy (non-hydrogen) atoms. The second-order valence-corrected chi connectivity index (χ2v) is 6.41. The largest absolute Gasteiger partial charge is 0.455 e. The molecule has 0 fully saturated rings. The van der Waals surface area contributed by atoms with Gasteiger partial charge in [-0.3, -0.25) is 15.1 Å². The van der Waals surface area contributed by atoms with Crippen molar-refractivity contribution in [1.82, 2.24) is 15.2 Å². The average Bonchev–Trinajstić information content (AvgIpc) is 3.08. The van der Waals surface area contributed by atoms with E-state index in [1.807, 2.05) is 56.6 Å². The van der Waals surface area contributed by atoms with Gasteiger partial charge in [0.05, 0.1) is 5.52 Å². The number of carbonyl (C=O) groups excluding carboxylic acids is 1. The summed E-state index contributed by atoms with van der Waals surface area (Å²) in [6.07, 6.45) is 0. The van der Waals surface area contributed by atoms with Crippen molar-refractivity contribution in [3.8, 4) is 11.5 Å². The third kappa shape index (κ3) is 4.27. The summed E-state index contributed by atoms with van der Waals surface area (Å²) in [5, 5.41) is 3.39. The van der Waals surface area contributed by atoms with Crippen molar-refractivity contribution in [1.29, 1.82) is 0 Å². The molecule has 0 aliphatic heterocycles. The van der Waals surface area contributed by atoms with Crippen LogP contribution in [0.2, 0.25) is 0 Å². The number of carbonyl (C=O) groups is 1. The second-order valence-electron chi connectivity index (χ2n) is 6.41. The standard InChI is InChI=1S/C20H23N5O2/c1-22-20(21)24-19(26)15-11-13-8-6-10-17(18(13)23-15)27-16-9-5-4-7-14(16)12-25(2)3/h4-11,23H,12H2,1-3H3,(H3,21,22,24,26). The molecule has 140 valence electrons. The number of fused-ring (bicyclic) bond motifs is 1. The number of guanidine groups is 1. The number of nitrogens with zero attached hydrogens (tertiary/aromatic N) is 2. The maximum absolute atomic E-state index is 12.3. The van der Waals surface area contributed by atoms with Crippen molar-refractivity contribution in [2.45, 2.75) is 6.54 Å². The van der Waals surface area contributed by atoms with Gasteiger partial charge >= 0.3 is 0 Å². The number of nitrogens with two attached hydrogens (primary N) is 1. The Morgan fingerprint density at radius 2 is 1.93 bits per heavy atom. The Bertz CT molecular complexity index is 991. The minimum absolute atomic E-state index is 0.0627. The van der Waals surface area contributed by atoms with Gasteiger partial charge in [-0.15, -0.1) is 0 Å². The van der Waals surface area contributed by atoms with Crippen molar-refractivity contribution in [2.75, 3.05) is 21.1 Å². The van der Waals surface area contributed by atoms with E-state index >= 15 is 0 Å². The molecule has 0 atom stereocenters. The van der Waals surface area contributed by atoms with Gasteiger partial charge in [0.2, 0.25) is 0 Å². The summed E-state index contributed by atoms with van der Waals surface area (Å²) < 4.78 is 6.18. The number of rotatable bonds is 5. The van der Waals surface area contributed by atoms with Crippen molar-refractivity contribution >= 4 is 22.8 Å². The molecule has 1 amide bonds. The first kappa shape index (κ1) is 18.5. The lowest BCUT2D eigenvalue weighted by Gasteiger charge is -2.15. The number of para-hydroxylation sites is 2. The number of amides is 1. The predicted molar refractivity (Wildman–Crippen MR) is 107 cm³/mol. The van der Waals surface area contributed by atoms with Crippen LogP contribution in [0.4, 0.5) is 0 Å². The van der Waals surface area contributed by atoms with Crippen molar-refractivity contribution < 1.29 is 9.53 Å². The maximum atomic E-state index is 12.3. The Morgan fingerprint density at radius 3 is 2.67 bits per heavy atom. The number of aromatic nitrogens is 1. The molecule has 0 bridgehead atoms. The number of benzene rings is 2. The summed E-state index contributed by atoms with van der Waals surface area (Å²) in [5.41, 5.74) is 7.78. The van der Waals surface area contributed by atoms with Crippen LogP contribution in [-0.2, 0) is 6.54 Å². The molecule has 3 aromatic rings. The normalized spacial score (nSPS) is 11.8. The monoisotopic (exact) mass is 365 g/mol. The third-order valence-electron chi connectivity index (χ3n) is 4.02. The lowest BCUT2D eigenvalue weighted by Crippen LogP contribution is -2.36. The van der Waals surface area contributed by atoms with Gasteiger partial charge in [0.25, 0.3) is 5.91 Å². The van der Waals surface area contributed by atoms with Crippen LogP contribution in [0.25, 0.3) is 10.9 Å². The first-order valence-corrected chi connectivity index (χ1v) is 8.53. The molecule has 0 aliphatic carbocycles. The molecule has 3 rings (SSSR count). The number of hydrogen-bond donors (Lipinski definition) is 3. The van der Waals surface area contributed by atoms with Crippen LogP contribution in [0.5, 0.6) is 11.5 Å². The van der Waals surface area contributed by atoms with Gasteiger partial charge in [-0.25, -0.2) is 0 Å². The molecule has 0 radical (unpaired) electrons. The van der Waals surface area contributed by atoms with Crippen LogP contribution < -0.4 is 15.8 Å². The van der Waals surface area contributed by atoms with E-state index < -0.39 is 0 Å². The molecular formula is C20H23N5O2. The highest BCUT2D eigenvalue weighted by molar-refractivity contribution is 6.07. The summed E-state index contributed by atoms with van der Waals surface area (Å²) in [6, 6.07) is 15.3. The molecular weight excluding hydrogens is 342 g/mol. The first-order valence-electron chi connectivity index (χ1n) is 8.53. The number of aromatic amines is 1. The van der Waals surface area contributed by atoms with Gasteiger partial charge in [0.1, 0.15) is 11.4 Å². The SMILES string of the molecule is CN=C(N)NC(=O)c1cc2cccc(Oc3ccccc3CN(C)C)c2[nH]1. The Balaban J connectivity index is 1.93. The highest BCUT2D eigenvalue weighted by Gasteiger charge is 2.14. The number of hydrogen-bond acceptors (Lipinski definition) is 4. The summed E-state index contributed by atoms with van der Waals surface area (Å²) >= 11 is 0. The van der Waals surface area contributed by atoms with E-state index in [0.717, 1.165) is 28.8 Å². The van der Waals surface area contributed by atoms with E-state index in [2.05, 4.69) is 20.2 Å². The van der Waals surface area contributed by atoms with E-state index in [1.165, 1.54) is 7.05 Å². The fourth-order valence-corrected chi connectivity index (χ4v) is 2.77. The topological polar surface area (TPSA) is 95.7 Å². The molecule has 0 unspecified atom stereocenters. The second kappa shape index (κ2) is 7.92. The Morgan fingerprint density at radius 1 is 1.19 bits per heavy atom. The molecule has 7 nitrogen and oxygen atoms in total. The number of H-pyrrole nitrogens is 1. The number of aliphatic imine (C=N–C) groups is 1. The fourth-order valence-electron chi connectivity index (χ4n) is 2.77. The minimum Gasteiger partial charge on any atom is -0.455 e. The molecule has 7 heteroatoms. The van der Waals surface area contributed by atoms with Gasteiger partial charge in [-0.1, -0.05) is 30.3 Å². The van der Waals surface area contributed by atoms with Crippen molar-refractivity contribution in [3.05, 3.63) is 59.8 Å². The Hall–Kier alpha value is -3.32. The molecule has 2 aromatic carbocycles. The highest BCUT2D eigenvalue weighted by atomic mass is 16.5. The van der Waals surface area contributed by atoms with Crippen LogP contribution in [0.3, 0.4) is 0 Å². The Kier molecular flexibility index (Phi) is 5.42. The predicted octanol–water partition coefficient (Wildman–Crippen LogP) is 2.70. The zero-order chi connectivity index (χ0) is 19.4. The van der Waals surface area contributed by atoms with Crippen LogP contribution in [0, 0.1) is 0 Å². The highest BCUT2D eigenvalue weighted by Crippen LogP contribution is 2.32. The van der Waals surface area contributed by atoms with Gasteiger partial charge in [-0.05, 0) is 32.3 Å².